The van der Waals surface area contributed by atoms with Crippen molar-refractivity contribution in [2.45, 2.75) is 0 Å². The fourth-order valence-electron chi connectivity index (χ4n) is 0. The fourth-order valence-corrected chi connectivity index (χ4v) is 0. The zero-order chi connectivity index (χ0) is 5.45. The van der Waals surface area contributed by atoms with Crippen LogP contribution in [0.1, 0.15) is 0 Å². The Morgan fingerprint density at radius 3 is 1.00 bits per heavy atom. The van der Waals surface area contributed by atoms with Gasteiger partial charge in [0.1, 0.15) is 0 Å². The SMILES string of the molecule is CP(C)(C)(C)[SiH3]. The molecule has 0 unspecified atom stereocenters. The van der Waals surface area contributed by atoms with Crippen LogP contribution in [0.3, 0.4) is 0 Å². The Kier molecular flexibility index (Phi) is 1.19. The Labute approximate surface area is 43.5 Å². The van der Waals surface area contributed by atoms with Gasteiger partial charge in [0.05, 0.1) is 0 Å². The van der Waals surface area contributed by atoms with Crippen LogP contribution in [0.4, 0.5) is 0 Å². The van der Waals surface area contributed by atoms with E-state index in [4.69, 9.17) is 0 Å². The van der Waals surface area contributed by atoms with Gasteiger partial charge in [-0.2, -0.15) is 0 Å². The number of rotatable bonds is 0. The van der Waals surface area contributed by atoms with Crippen molar-refractivity contribution in [1.29, 1.82) is 0 Å². The van der Waals surface area contributed by atoms with Crippen LogP contribution >= 0.6 is 6.15 Å². The van der Waals surface area contributed by atoms with E-state index in [1.165, 1.54) is 9.91 Å². The molecule has 0 atom stereocenters. The summed E-state index contributed by atoms with van der Waals surface area (Å²) >= 11 is 0. The van der Waals surface area contributed by atoms with Crippen LogP contribution in [0, 0.1) is 0 Å². The average Bonchev–Trinajstić information content (AvgIpc) is 0.650. The maximum atomic E-state index is 2.40. The Bertz CT molecular complexity index is 40.7. The summed E-state index contributed by atoms with van der Waals surface area (Å²) < 4.78 is 0. The average molecular weight is 122 g/mol. The molecular formula is C4H15PSi. The van der Waals surface area contributed by atoms with Crippen LogP contribution in [0.15, 0.2) is 0 Å². The zero-order valence-electron chi connectivity index (χ0n) is 5.45. The maximum absolute atomic E-state index is 2.40. The van der Waals surface area contributed by atoms with Crippen LogP contribution in [0.5, 0.6) is 0 Å². The first-order valence-corrected chi connectivity index (χ1v) is 9.39. The molecule has 0 heterocycles. The van der Waals surface area contributed by atoms with Crippen molar-refractivity contribution >= 4 is 16.1 Å². The second-order valence-electron chi connectivity index (χ2n) is 4.47. The summed E-state index contributed by atoms with van der Waals surface area (Å²) in [4.78, 5) is 0. The van der Waals surface area contributed by atoms with Gasteiger partial charge in [0.2, 0.25) is 0 Å². The zero-order valence-corrected chi connectivity index (χ0v) is 8.34. The van der Waals surface area contributed by atoms with Gasteiger partial charge in [-0.25, -0.2) is 0 Å². The molecule has 0 fully saturated rings. The molecule has 2 heteroatoms. The predicted molar refractivity (Wildman–Crippen MR) is 40.6 cm³/mol. The normalized spacial score (nSPS) is 19.7. The molecular weight excluding hydrogens is 107 g/mol. The molecule has 0 amide bonds. The van der Waals surface area contributed by atoms with Gasteiger partial charge in [0.15, 0.2) is 0 Å². The van der Waals surface area contributed by atoms with Crippen molar-refractivity contribution in [1.82, 2.24) is 0 Å². The van der Waals surface area contributed by atoms with E-state index in [0.29, 0.717) is 0 Å². The molecule has 0 radical (unpaired) electrons. The summed E-state index contributed by atoms with van der Waals surface area (Å²) in [6, 6.07) is 0. The minimum atomic E-state index is -0.911. The number of hydrogen-bond donors (Lipinski definition) is 0. The molecule has 0 saturated heterocycles. The van der Waals surface area contributed by atoms with Gasteiger partial charge >= 0.3 is 42.7 Å². The van der Waals surface area contributed by atoms with Crippen LogP contribution in [-0.4, -0.2) is 36.6 Å². The summed E-state index contributed by atoms with van der Waals surface area (Å²) in [5, 5.41) is 0. The van der Waals surface area contributed by atoms with Gasteiger partial charge in [-0.15, -0.1) is 0 Å². The number of hydrogen-bond acceptors (Lipinski definition) is 0. The summed E-state index contributed by atoms with van der Waals surface area (Å²) in [7, 11) is 1.40. The molecule has 0 rings (SSSR count). The van der Waals surface area contributed by atoms with Crippen molar-refractivity contribution in [3.63, 3.8) is 0 Å². The molecule has 0 aliphatic rings. The van der Waals surface area contributed by atoms with Gasteiger partial charge in [0, 0.05) is 0 Å². The van der Waals surface area contributed by atoms with Crippen molar-refractivity contribution in [2.75, 3.05) is 26.7 Å². The molecule has 0 aromatic carbocycles. The Balaban J connectivity index is 3.73. The molecule has 40 valence electrons. The molecule has 0 spiro atoms. The van der Waals surface area contributed by atoms with Crippen molar-refractivity contribution in [2.24, 2.45) is 0 Å². The third kappa shape index (κ3) is 148. The Morgan fingerprint density at radius 2 is 1.00 bits per heavy atom. The van der Waals surface area contributed by atoms with E-state index in [2.05, 4.69) is 26.7 Å². The summed E-state index contributed by atoms with van der Waals surface area (Å²) in [6.07, 6.45) is -0.911. The van der Waals surface area contributed by atoms with Crippen LogP contribution in [0.2, 0.25) is 0 Å². The topological polar surface area (TPSA) is 0 Å². The fraction of sp³-hybridized carbons (Fsp3) is 1.00. The van der Waals surface area contributed by atoms with Crippen molar-refractivity contribution < 1.29 is 0 Å². The van der Waals surface area contributed by atoms with Crippen LogP contribution < -0.4 is 0 Å². The van der Waals surface area contributed by atoms with E-state index in [9.17, 15) is 0 Å². The monoisotopic (exact) mass is 122 g/mol. The van der Waals surface area contributed by atoms with Crippen molar-refractivity contribution in [3.8, 4) is 0 Å². The van der Waals surface area contributed by atoms with Gasteiger partial charge in [-0.3, -0.25) is 0 Å². The first-order chi connectivity index (χ1) is 2.24. The van der Waals surface area contributed by atoms with E-state index in [-0.39, 0.29) is 0 Å². The third-order valence-electron chi connectivity index (χ3n) is 0. The van der Waals surface area contributed by atoms with Crippen LogP contribution in [0.25, 0.3) is 0 Å². The second-order valence-corrected chi connectivity index (χ2v) is 24.1. The summed E-state index contributed by atoms with van der Waals surface area (Å²) in [5.74, 6) is 0. The first kappa shape index (κ1) is 6.65. The summed E-state index contributed by atoms with van der Waals surface area (Å²) in [6.45, 7) is 9.60. The molecule has 0 aromatic rings. The molecule has 0 saturated carbocycles. The first-order valence-electron chi connectivity index (χ1n) is 2.24. The quantitative estimate of drug-likeness (QED) is 0.321. The third-order valence-corrected chi connectivity index (χ3v) is 0. The van der Waals surface area contributed by atoms with Crippen molar-refractivity contribution in [3.05, 3.63) is 0 Å². The van der Waals surface area contributed by atoms with Gasteiger partial charge in [-0.05, 0) is 0 Å². The Hall–Kier alpha value is 0.647. The van der Waals surface area contributed by atoms with E-state index >= 15 is 0 Å². The molecule has 0 aliphatic heterocycles. The molecule has 0 bridgehead atoms. The molecule has 0 nitrogen and oxygen atoms in total. The molecule has 0 aromatic heterocycles. The molecule has 0 aliphatic carbocycles. The van der Waals surface area contributed by atoms with Gasteiger partial charge in [0.25, 0.3) is 0 Å². The predicted octanol–water partition coefficient (Wildman–Crippen LogP) is 0.339. The second kappa shape index (κ2) is 1.08. The van der Waals surface area contributed by atoms with Gasteiger partial charge in [-0.1, -0.05) is 0 Å². The van der Waals surface area contributed by atoms with Gasteiger partial charge < -0.3 is 0 Å². The molecule has 0 N–H and O–H groups in total. The van der Waals surface area contributed by atoms with E-state index in [1.807, 2.05) is 0 Å². The van der Waals surface area contributed by atoms with Crippen LogP contribution in [-0.2, 0) is 0 Å². The van der Waals surface area contributed by atoms with E-state index in [0.717, 1.165) is 0 Å². The standard InChI is InChI=1S/C4H15PSi/c1-5(2,3,4)6/h1-4,6H3. The molecule has 6 heavy (non-hydrogen) atoms. The van der Waals surface area contributed by atoms with E-state index in [1.54, 1.807) is 0 Å². The van der Waals surface area contributed by atoms with E-state index < -0.39 is 6.15 Å². The Morgan fingerprint density at radius 1 is 1.00 bits per heavy atom. The summed E-state index contributed by atoms with van der Waals surface area (Å²) in [5.41, 5.74) is 0. The minimum absolute atomic E-state index is 0.911.